The van der Waals surface area contributed by atoms with Gasteiger partial charge < -0.3 is 29.7 Å². The molecule has 0 radical (unpaired) electrons. The second-order valence-electron chi connectivity index (χ2n) is 19.7. The van der Waals surface area contributed by atoms with E-state index in [2.05, 4.69) is 41.2 Å². The number of nitrogens with zero attached hydrogens (tertiary/aromatic N) is 2. The summed E-state index contributed by atoms with van der Waals surface area (Å²) in [5.74, 6) is -3.93. The van der Waals surface area contributed by atoms with E-state index in [1.165, 1.54) is 11.3 Å². The third-order valence-corrected chi connectivity index (χ3v) is 14.3. The molecule has 5 aliphatic rings. The van der Waals surface area contributed by atoms with Crippen molar-refractivity contribution in [3.05, 3.63) is 12.2 Å². The smallest absolute Gasteiger partial charge is 0.465 e. The van der Waals surface area contributed by atoms with Gasteiger partial charge in [-0.2, -0.15) is 26.3 Å². The predicted octanol–water partition coefficient (Wildman–Crippen LogP) is 8.59. The molecule has 7 atom stereocenters. The van der Waals surface area contributed by atoms with Crippen LogP contribution in [0.1, 0.15) is 181 Å². The van der Waals surface area contributed by atoms with Crippen LogP contribution in [-0.2, 0) is 33.4 Å². The Morgan fingerprint density at radius 2 is 1.37 bits per heavy atom. The van der Waals surface area contributed by atoms with E-state index in [1.54, 1.807) is 10.6 Å². The fourth-order valence-corrected chi connectivity index (χ4v) is 10.8. The van der Waals surface area contributed by atoms with E-state index in [4.69, 9.17) is 14.2 Å². The van der Waals surface area contributed by atoms with Crippen molar-refractivity contribution in [3.8, 4) is 0 Å². The van der Waals surface area contributed by atoms with E-state index in [1.807, 2.05) is 0 Å². The van der Waals surface area contributed by atoms with Crippen LogP contribution in [0, 0.1) is 5.92 Å². The van der Waals surface area contributed by atoms with E-state index in [-0.39, 0.29) is 81.6 Å². The first-order chi connectivity index (χ1) is 32.5. The van der Waals surface area contributed by atoms with Gasteiger partial charge in [0.2, 0.25) is 11.6 Å². The molecular formula is C49H79F6N6O7+. The number of esters is 1. The van der Waals surface area contributed by atoms with Gasteiger partial charge in [0.25, 0.3) is 0 Å². The van der Waals surface area contributed by atoms with Crippen molar-refractivity contribution in [1.82, 2.24) is 26.2 Å². The minimum atomic E-state index is -5.01. The highest BCUT2D eigenvalue weighted by molar-refractivity contribution is 5.83. The number of unbranched alkanes of at least 4 members (excludes halogenated alkanes) is 13. The molecule has 0 bridgehead atoms. The van der Waals surface area contributed by atoms with Crippen molar-refractivity contribution in [3.63, 3.8) is 0 Å². The second-order valence-corrected chi connectivity index (χ2v) is 19.7. The van der Waals surface area contributed by atoms with Gasteiger partial charge in [0.05, 0.1) is 30.9 Å². The average Bonchev–Trinajstić information content (AvgIpc) is 3.59. The zero-order valence-corrected chi connectivity index (χ0v) is 40.5. The molecule has 388 valence electrons. The van der Waals surface area contributed by atoms with E-state index in [0.717, 1.165) is 134 Å². The molecule has 2 saturated heterocycles. The lowest BCUT2D eigenvalue weighted by Gasteiger charge is -2.50. The first-order valence-corrected chi connectivity index (χ1v) is 25.9. The zero-order chi connectivity index (χ0) is 49.2. The lowest BCUT2D eigenvalue weighted by molar-refractivity contribution is -0.609. The Hall–Kier alpha value is -3.61. The van der Waals surface area contributed by atoms with Crippen LogP contribution in [-0.4, -0.2) is 120 Å². The Morgan fingerprint density at radius 1 is 0.765 bits per heavy atom. The van der Waals surface area contributed by atoms with E-state index >= 15 is 0 Å². The highest BCUT2D eigenvalue weighted by Crippen LogP contribution is 2.46. The second kappa shape index (κ2) is 26.6. The summed E-state index contributed by atoms with van der Waals surface area (Å²) >= 11 is 0. The molecule has 0 aromatic rings. The Morgan fingerprint density at radius 3 is 1.99 bits per heavy atom. The fourth-order valence-electron chi connectivity index (χ4n) is 10.8. The van der Waals surface area contributed by atoms with E-state index in [0.29, 0.717) is 19.4 Å². The average molecular weight is 978 g/mol. The molecule has 0 aromatic heterocycles. The van der Waals surface area contributed by atoms with Crippen molar-refractivity contribution in [2.75, 3.05) is 32.8 Å². The molecule has 0 aromatic carbocycles. The molecule has 5 rings (SSSR count). The van der Waals surface area contributed by atoms with Gasteiger partial charge in [-0.3, -0.25) is 23.8 Å². The van der Waals surface area contributed by atoms with Crippen molar-refractivity contribution in [2.24, 2.45) is 5.92 Å². The summed E-state index contributed by atoms with van der Waals surface area (Å²) in [6, 6.07) is 0.292. The van der Waals surface area contributed by atoms with Gasteiger partial charge in [-0.05, 0) is 77.6 Å². The molecule has 19 heteroatoms. The first-order valence-electron chi connectivity index (χ1n) is 25.9. The van der Waals surface area contributed by atoms with Gasteiger partial charge >= 0.3 is 36.1 Å². The molecule has 0 aliphatic carbocycles. The SMILES string of the molecule is CCC1C=CCCC2(CC3CCC4C(C(=O)OCCCCCCCCCCCCCCCC(=O)N(CCCCNC(=O)C(F)(F)F)CCCNC(=O)C(F)(F)F)C5(CCCC(C)O5)NC(=[N+]34)N2)O1. The molecule has 2 fully saturated rings. The Bertz CT molecular complexity index is 1700. The summed E-state index contributed by atoms with van der Waals surface area (Å²) in [7, 11) is 0. The third kappa shape index (κ3) is 16.5. The van der Waals surface area contributed by atoms with Crippen LogP contribution in [0.4, 0.5) is 26.3 Å². The van der Waals surface area contributed by atoms with E-state index < -0.39 is 41.5 Å². The molecule has 7 unspecified atom stereocenters. The van der Waals surface area contributed by atoms with Crippen LogP contribution in [0.5, 0.6) is 0 Å². The Labute approximate surface area is 399 Å². The standard InChI is InChI=1S/C49H78F6N6O7/c1-3-38-24-16-17-28-46(68-38)35-37-26-27-39-41(47(29-21-23-36(2)67-47)59-45(58-46)61(37)39)42(63)66-34-20-14-12-10-8-6-4-5-7-9-11-13-15-25-40(62)60(33-22-31-57-44(65)49(53,54)55)32-19-18-30-56-43(64)48(50,51)52/h16,24,36-39,41H,3-15,17-23,25-35H2,1-2H3,(H3,56,57,58,59,64,65)/p+1. The topological polar surface area (TPSA) is 150 Å². The number of allylic oxidation sites excluding steroid dienone is 1. The number of halogens is 6. The maximum Gasteiger partial charge on any atom is 0.471 e. The molecule has 4 N–H and O–H groups in total. The zero-order valence-electron chi connectivity index (χ0n) is 40.5. The van der Waals surface area contributed by atoms with Crippen LogP contribution in [0.2, 0.25) is 0 Å². The molecule has 3 amide bonds. The molecule has 13 nitrogen and oxygen atoms in total. The van der Waals surface area contributed by atoms with Crippen molar-refractivity contribution >= 4 is 29.7 Å². The number of ether oxygens (including phenoxy) is 3. The molecule has 5 aliphatic heterocycles. The largest absolute Gasteiger partial charge is 0.471 e. The highest BCUT2D eigenvalue weighted by Gasteiger charge is 2.64. The van der Waals surface area contributed by atoms with E-state index in [9.17, 15) is 45.5 Å². The monoisotopic (exact) mass is 978 g/mol. The summed E-state index contributed by atoms with van der Waals surface area (Å²) in [5, 5.41) is 11.2. The molecule has 5 heterocycles. The van der Waals surface area contributed by atoms with Gasteiger partial charge in [-0.1, -0.05) is 89.7 Å². The number of nitrogens with one attached hydrogen (secondary N) is 4. The number of amides is 3. The quantitative estimate of drug-likeness (QED) is 0.0209. The van der Waals surface area contributed by atoms with Gasteiger partial charge in [0.15, 0.2) is 11.6 Å². The maximum absolute atomic E-state index is 14.1. The maximum atomic E-state index is 14.1. The molecule has 68 heavy (non-hydrogen) atoms. The predicted molar refractivity (Wildman–Crippen MR) is 244 cm³/mol. The molecule has 0 saturated carbocycles. The number of alkyl halides is 6. The third-order valence-electron chi connectivity index (χ3n) is 14.3. The molecule has 2 spiro atoms. The fraction of sp³-hybridized carbons (Fsp3) is 0.857. The van der Waals surface area contributed by atoms with Crippen LogP contribution < -0.4 is 21.3 Å². The Kier molecular flexibility index (Phi) is 21.6. The summed E-state index contributed by atoms with van der Waals surface area (Å²) in [6.45, 7) is 4.42. The van der Waals surface area contributed by atoms with Gasteiger partial charge in [-0.25, -0.2) is 10.6 Å². The van der Waals surface area contributed by atoms with Crippen molar-refractivity contribution in [2.45, 2.75) is 229 Å². The normalized spacial score (nSPS) is 26.7. The van der Waals surface area contributed by atoms with Gasteiger partial charge in [0, 0.05) is 51.9 Å². The number of hydrogen-bond donors (Lipinski definition) is 4. The number of rotatable bonds is 27. The molecular weight excluding hydrogens is 899 g/mol. The number of carbonyl (C=O) groups is 4. The van der Waals surface area contributed by atoms with Crippen molar-refractivity contribution < 1.29 is 64.3 Å². The first kappa shape index (κ1) is 55.3. The van der Waals surface area contributed by atoms with Crippen LogP contribution >= 0.6 is 0 Å². The van der Waals surface area contributed by atoms with Crippen LogP contribution in [0.3, 0.4) is 0 Å². The minimum Gasteiger partial charge on any atom is -0.465 e. The summed E-state index contributed by atoms with van der Waals surface area (Å²) in [5.41, 5.74) is -1.26. The van der Waals surface area contributed by atoms with Gasteiger partial charge in [0.1, 0.15) is 0 Å². The van der Waals surface area contributed by atoms with Gasteiger partial charge in [-0.15, -0.1) is 0 Å². The highest BCUT2D eigenvalue weighted by atomic mass is 19.4. The van der Waals surface area contributed by atoms with Crippen molar-refractivity contribution in [1.29, 1.82) is 0 Å². The summed E-state index contributed by atoms with van der Waals surface area (Å²) in [6.07, 6.45) is 16.9. The van der Waals surface area contributed by atoms with Crippen LogP contribution in [0.25, 0.3) is 0 Å². The summed E-state index contributed by atoms with van der Waals surface area (Å²) in [4.78, 5) is 50.6. The van der Waals surface area contributed by atoms with Crippen LogP contribution in [0.15, 0.2) is 12.2 Å². The number of guanidine groups is 1. The minimum absolute atomic E-state index is 0.00932. The number of hydrogen-bond acceptors (Lipinski definition) is 9. The lowest BCUT2D eigenvalue weighted by Crippen LogP contribution is -2.76. The number of carbonyl (C=O) groups excluding carboxylic acids is 4. The Balaban J connectivity index is 0.915. The summed E-state index contributed by atoms with van der Waals surface area (Å²) < 4.78 is 96.8. The lowest BCUT2D eigenvalue weighted by atomic mass is 9.80.